The fraction of sp³-hybridized carbons (Fsp3) is 0.591. The highest BCUT2D eigenvalue weighted by Crippen LogP contribution is 2.35. The molecule has 0 unspecified atom stereocenters. The van der Waals surface area contributed by atoms with Crippen LogP contribution in [0.15, 0.2) is 30.7 Å². The summed E-state index contributed by atoms with van der Waals surface area (Å²) in [5, 5.41) is 3.50. The average Bonchev–Trinajstić information content (AvgIpc) is 3.14. The third-order valence-electron chi connectivity index (χ3n) is 6.46. The molecule has 1 atom stereocenters. The van der Waals surface area contributed by atoms with Crippen LogP contribution in [0.4, 0.5) is 0 Å². The van der Waals surface area contributed by atoms with Gasteiger partial charge < -0.3 is 14.8 Å². The number of rotatable bonds is 5. The molecule has 0 saturated carbocycles. The van der Waals surface area contributed by atoms with Crippen molar-refractivity contribution in [1.29, 1.82) is 0 Å². The fourth-order valence-corrected chi connectivity index (χ4v) is 4.81. The van der Waals surface area contributed by atoms with Crippen molar-refractivity contribution in [2.45, 2.75) is 38.0 Å². The Balaban J connectivity index is 1.51. The monoisotopic (exact) mass is 381 g/mol. The number of ketones is 1. The smallest absolute Gasteiger partial charge is 0.202 e. The Kier molecular flexibility index (Phi) is 5.60. The lowest BCUT2D eigenvalue weighted by Gasteiger charge is -2.43. The van der Waals surface area contributed by atoms with Gasteiger partial charge in [0.25, 0.3) is 0 Å². The number of hydrogen-bond acceptors (Lipinski definition) is 5. The van der Waals surface area contributed by atoms with Gasteiger partial charge in [-0.15, -0.1) is 0 Å². The number of aromatic nitrogens is 3. The molecule has 6 heteroatoms. The summed E-state index contributed by atoms with van der Waals surface area (Å²) in [5.41, 5.74) is 2.48. The number of piperidine rings is 2. The van der Waals surface area contributed by atoms with E-state index in [1.165, 1.54) is 11.3 Å². The van der Waals surface area contributed by atoms with Gasteiger partial charge in [-0.05, 0) is 63.9 Å². The quantitative estimate of drug-likeness (QED) is 0.806. The van der Waals surface area contributed by atoms with Crippen molar-refractivity contribution in [3.8, 4) is 0 Å². The zero-order valence-corrected chi connectivity index (χ0v) is 17.0. The number of carbonyl (C=O) groups is 1. The SMILES string of the molecule is Cc1ccc(C2(CN3CCC[C@@H](C(=O)c4nccn4C)C3)CCNCC2)nc1. The molecule has 150 valence electrons. The van der Waals surface area contributed by atoms with E-state index in [9.17, 15) is 4.79 Å². The molecule has 0 radical (unpaired) electrons. The van der Waals surface area contributed by atoms with Gasteiger partial charge in [0.05, 0.1) is 0 Å². The fourth-order valence-electron chi connectivity index (χ4n) is 4.81. The molecule has 2 fully saturated rings. The molecule has 0 amide bonds. The Morgan fingerprint density at radius 3 is 2.79 bits per heavy atom. The standard InChI is InChI=1S/C22H31N5O/c1-17-5-6-19(25-14-17)22(7-9-23-10-8-22)16-27-12-3-4-18(15-27)20(28)21-24-11-13-26(21)2/h5-6,11,13-14,18,23H,3-4,7-10,12,15-16H2,1-2H3/t18-/m1/s1. The van der Waals surface area contributed by atoms with Gasteiger partial charge in [-0.2, -0.15) is 0 Å². The summed E-state index contributed by atoms with van der Waals surface area (Å²) >= 11 is 0. The minimum absolute atomic E-state index is 0.0413. The summed E-state index contributed by atoms with van der Waals surface area (Å²) in [7, 11) is 1.90. The molecular weight excluding hydrogens is 350 g/mol. The van der Waals surface area contributed by atoms with Crippen LogP contribution in [0.2, 0.25) is 0 Å². The third-order valence-corrected chi connectivity index (χ3v) is 6.46. The molecular formula is C22H31N5O. The summed E-state index contributed by atoms with van der Waals surface area (Å²) in [6, 6.07) is 4.39. The van der Waals surface area contributed by atoms with E-state index < -0.39 is 0 Å². The number of Topliss-reactive ketones (excluding diaryl/α,β-unsaturated/α-hetero) is 1. The molecule has 0 bridgehead atoms. The van der Waals surface area contributed by atoms with Gasteiger partial charge in [-0.1, -0.05) is 6.07 Å². The molecule has 1 N–H and O–H groups in total. The molecule has 2 aromatic rings. The second kappa shape index (κ2) is 8.13. The van der Waals surface area contributed by atoms with E-state index in [1.807, 2.05) is 24.0 Å². The topological polar surface area (TPSA) is 63.1 Å². The number of imidazole rings is 1. The van der Waals surface area contributed by atoms with Gasteiger partial charge in [-0.25, -0.2) is 4.98 Å². The van der Waals surface area contributed by atoms with E-state index >= 15 is 0 Å². The van der Waals surface area contributed by atoms with Gasteiger partial charge in [0.15, 0.2) is 5.82 Å². The van der Waals surface area contributed by atoms with Crippen LogP contribution in [0, 0.1) is 12.8 Å². The molecule has 4 heterocycles. The Morgan fingerprint density at radius 2 is 2.11 bits per heavy atom. The van der Waals surface area contributed by atoms with Crippen molar-refractivity contribution in [2.75, 3.05) is 32.7 Å². The summed E-state index contributed by atoms with van der Waals surface area (Å²) in [5.74, 6) is 0.813. The van der Waals surface area contributed by atoms with Gasteiger partial charge in [0, 0.05) is 55.8 Å². The average molecular weight is 382 g/mol. The first-order chi connectivity index (χ1) is 13.6. The molecule has 2 aromatic heterocycles. The predicted molar refractivity (Wildman–Crippen MR) is 109 cm³/mol. The number of nitrogens with zero attached hydrogens (tertiary/aromatic N) is 4. The number of likely N-dealkylation sites (tertiary alicyclic amines) is 1. The largest absolute Gasteiger partial charge is 0.332 e. The second-order valence-corrected chi connectivity index (χ2v) is 8.55. The van der Waals surface area contributed by atoms with E-state index in [0.717, 1.165) is 58.4 Å². The summed E-state index contributed by atoms with van der Waals surface area (Å²) in [6.07, 6.45) is 9.76. The van der Waals surface area contributed by atoms with E-state index in [4.69, 9.17) is 4.98 Å². The molecule has 2 aliphatic rings. The number of nitrogens with one attached hydrogen (secondary N) is 1. The lowest BCUT2D eigenvalue weighted by molar-refractivity contribution is 0.0749. The van der Waals surface area contributed by atoms with Gasteiger partial charge >= 0.3 is 0 Å². The van der Waals surface area contributed by atoms with E-state index in [2.05, 4.69) is 34.3 Å². The summed E-state index contributed by atoms with van der Waals surface area (Å²) in [4.78, 5) is 24.6. The second-order valence-electron chi connectivity index (χ2n) is 8.55. The van der Waals surface area contributed by atoms with Crippen LogP contribution < -0.4 is 5.32 Å². The number of aryl methyl sites for hydroxylation is 2. The summed E-state index contributed by atoms with van der Waals surface area (Å²) in [6.45, 7) is 7.01. The molecule has 0 aromatic carbocycles. The zero-order valence-electron chi connectivity index (χ0n) is 17.0. The Labute approximate surface area is 167 Å². The maximum absolute atomic E-state index is 13.0. The normalized spacial score (nSPS) is 22.9. The van der Waals surface area contributed by atoms with Crippen molar-refractivity contribution >= 4 is 5.78 Å². The highest BCUT2D eigenvalue weighted by atomic mass is 16.1. The Hall–Kier alpha value is -2.05. The number of pyridine rings is 1. The minimum atomic E-state index is 0.0413. The van der Waals surface area contributed by atoms with Crippen molar-refractivity contribution in [2.24, 2.45) is 13.0 Å². The van der Waals surface area contributed by atoms with E-state index in [-0.39, 0.29) is 17.1 Å². The minimum Gasteiger partial charge on any atom is -0.332 e. The van der Waals surface area contributed by atoms with Crippen LogP contribution in [0.1, 0.15) is 47.6 Å². The molecule has 28 heavy (non-hydrogen) atoms. The van der Waals surface area contributed by atoms with Crippen LogP contribution in [-0.4, -0.2) is 57.9 Å². The first kappa shape index (κ1) is 19.3. The molecule has 2 aliphatic heterocycles. The third kappa shape index (κ3) is 3.89. The van der Waals surface area contributed by atoms with Crippen LogP contribution in [-0.2, 0) is 12.5 Å². The predicted octanol–water partition coefficient (Wildman–Crippen LogP) is 2.34. The maximum Gasteiger partial charge on any atom is 0.202 e. The lowest BCUT2D eigenvalue weighted by Crippen LogP contribution is -2.51. The molecule has 0 aliphatic carbocycles. The van der Waals surface area contributed by atoms with Gasteiger partial charge in [0.2, 0.25) is 5.78 Å². The molecule has 2 saturated heterocycles. The first-order valence-electron chi connectivity index (χ1n) is 10.5. The zero-order chi connectivity index (χ0) is 19.6. The molecule has 0 spiro atoms. The van der Waals surface area contributed by atoms with Crippen LogP contribution >= 0.6 is 0 Å². The van der Waals surface area contributed by atoms with Crippen molar-refractivity contribution in [3.63, 3.8) is 0 Å². The summed E-state index contributed by atoms with van der Waals surface area (Å²) < 4.78 is 1.84. The van der Waals surface area contributed by atoms with Gasteiger partial charge in [0.1, 0.15) is 0 Å². The lowest BCUT2D eigenvalue weighted by atomic mass is 9.74. The van der Waals surface area contributed by atoms with Crippen molar-refractivity contribution in [1.82, 2.24) is 24.8 Å². The molecule has 6 nitrogen and oxygen atoms in total. The molecule has 4 rings (SSSR count). The van der Waals surface area contributed by atoms with Crippen molar-refractivity contribution in [3.05, 3.63) is 47.8 Å². The van der Waals surface area contributed by atoms with Crippen molar-refractivity contribution < 1.29 is 4.79 Å². The highest BCUT2D eigenvalue weighted by Gasteiger charge is 2.39. The van der Waals surface area contributed by atoms with E-state index in [1.54, 1.807) is 6.20 Å². The van der Waals surface area contributed by atoms with Crippen LogP contribution in [0.25, 0.3) is 0 Å². The van der Waals surface area contributed by atoms with Crippen LogP contribution in [0.5, 0.6) is 0 Å². The Morgan fingerprint density at radius 1 is 1.29 bits per heavy atom. The Bertz CT molecular complexity index is 807. The number of hydrogen-bond donors (Lipinski definition) is 1. The first-order valence-corrected chi connectivity index (χ1v) is 10.5. The van der Waals surface area contributed by atoms with Crippen LogP contribution in [0.3, 0.4) is 0 Å². The van der Waals surface area contributed by atoms with Gasteiger partial charge in [-0.3, -0.25) is 9.78 Å². The maximum atomic E-state index is 13.0. The highest BCUT2D eigenvalue weighted by molar-refractivity contribution is 5.94. The van der Waals surface area contributed by atoms with E-state index in [0.29, 0.717) is 5.82 Å². The number of carbonyl (C=O) groups excluding carboxylic acids is 1.